The summed E-state index contributed by atoms with van der Waals surface area (Å²) in [5.74, 6) is 3.08. The van der Waals surface area contributed by atoms with Gasteiger partial charge in [0.25, 0.3) is 5.91 Å². The van der Waals surface area contributed by atoms with Crippen LogP contribution >= 0.6 is 0 Å². The monoisotopic (exact) mass is 242 g/mol. The van der Waals surface area contributed by atoms with E-state index in [1.165, 1.54) is 4.90 Å². The summed E-state index contributed by atoms with van der Waals surface area (Å²) in [7, 11) is 3.29. The molecular formula is C14H14N2O2. The molecule has 92 valence electrons. The van der Waals surface area contributed by atoms with Crippen molar-refractivity contribution in [1.82, 2.24) is 9.88 Å². The summed E-state index contributed by atoms with van der Waals surface area (Å²) < 4.78 is 5.14. The van der Waals surface area contributed by atoms with Crippen molar-refractivity contribution in [3.63, 3.8) is 0 Å². The predicted octanol–water partition coefficient (Wildman–Crippen LogP) is 1.88. The lowest BCUT2D eigenvalue weighted by molar-refractivity contribution is 0.0808. The Kier molecular flexibility index (Phi) is 3.24. The molecule has 0 saturated carbocycles. The summed E-state index contributed by atoms with van der Waals surface area (Å²) in [6, 6.07) is 7.40. The predicted molar refractivity (Wildman–Crippen MR) is 70.6 cm³/mol. The van der Waals surface area contributed by atoms with Gasteiger partial charge in [-0.05, 0) is 24.3 Å². The van der Waals surface area contributed by atoms with Crippen LogP contribution in [0.2, 0.25) is 0 Å². The van der Waals surface area contributed by atoms with E-state index in [2.05, 4.69) is 10.9 Å². The van der Waals surface area contributed by atoms with E-state index in [0.29, 0.717) is 5.69 Å². The second-order valence-corrected chi connectivity index (χ2v) is 4.00. The van der Waals surface area contributed by atoms with Crippen LogP contribution in [0, 0.1) is 12.3 Å². The van der Waals surface area contributed by atoms with Gasteiger partial charge in [-0.15, -0.1) is 6.42 Å². The van der Waals surface area contributed by atoms with E-state index in [9.17, 15) is 4.79 Å². The highest BCUT2D eigenvalue weighted by Gasteiger charge is 2.13. The maximum Gasteiger partial charge on any atom is 0.270 e. The number of aromatic amines is 1. The summed E-state index contributed by atoms with van der Waals surface area (Å²) in [5.41, 5.74) is 1.42. The third-order valence-corrected chi connectivity index (χ3v) is 2.73. The Hall–Kier alpha value is -2.41. The van der Waals surface area contributed by atoms with Crippen molar-refractivity contribution in [3.8, 4) is 18.1 Å². The number of aromatic nitrogens is 1. The summed E-state index contributed by atoms with van der Waals surface area (Å²) >= 11 is 0. The molecule has 0 atom stereocenters. The molecule has 0 aliphatic rings. The Morgan fingerprint density at radius 2 is 2.28 bits per heavy atom. The Balaban J connectivity index is 2.35. The van der Waals surface area contributed by atoms with Crippen LogP contribution in [0.4, 0.5) is 0 Å². The second-order valence-electron chi connectivity index (χ2n) is 4.00. The standard InChI is InChI=1S/C14H14N2O2/c1-4-7-16(2)14(17)13-9-10-8-11(18-3)5-6-12(10)15-13/h1,5-6,8-9,15H,7H2,2-3H3. The van der Waals surface area contributed by atoms with Crippen molar-refractivity contribution in [2.24, 2.45) is 0 Å². The summed E-state index contributed by atoms with van der Waals surface area (Å²) in [5, 5.41) is 0.937. The molecule has 0 fully saturated rings. The van der Waals surface area contributed by atoms with Crippen LogP contribution in [-0.2, 0) is 0 Å². The Morgan fingerprint density at radius 1 is 1.50 bits per heavy atom. The number of H-pyrrole nitrogens is 1. The van der Waals surface area contributed by atoms with Crippen LogP contribution in [0.15, 0.2) is 24.3 Å². The number of carbonyl (C=O) groups is 1. The SMILES string of the molecule is C#CCN(C)C(=O)c1cc2cc(OC)ccc2[nH]1. The van der Waals surface area contributed by atoms with Gasteiger partial charge in [0.15, 0.2) is 0 Å². The Bertz CT molecular complexity index is 622. The number of terminal acetylenes is 1. The highest BCUT2D eigenvalue weighted by atomic mass is 16.5. The van der Waals surface area contributed by atoms with Crippen molar-refractivity contribution in [3.05, 3.63) is 30.0 Å². The highest BCUT2D eigenvalue weighted by molar-refractivity contribution is 5.98. The molecule has 18 heavy (non-hydrogen) atoms. The van der Waals surface area contributed by atoms with Crippen LogP contribution in [0.3, 0.4) is 0 Å². The van der Waals surface area contributed by atoms with Crippen LogP contribution in [0.5, 0.6) is 5.75 Å². The largest absolute Gasteiger partial charge is 0.497 e. The van der Waals surface area contributed by atoms with Crippen LogP contribution < -0.4 is 4.74 Å². The van der Waals surface area contributed by atoms with Crippen molar-refractivity contribution in [2.75, 3.05) is 20.7 Å². The molecule has 0 aliphatic heterocycles. The highest BCUT2D eigenvalue weighted by Crippen LogP contribution is 2.21. The molecule has 0 saturated heterocycles. The number of fused-ring (bicyclic) bond motifs is 1. The van der Waals surface area contributed by atoms with E-state index in [1.807, 2.05) is 18.2 Å². The fourth-order valence-electron chi connectivity index (χ4n) is 1.77. The number of hydrogen-bond donors (Lipinski definition) is 1. The maximum absolute atomic E-state index is 12.0. The van der Waals surface area contributed by atoms with Crippen molar-refractivity contribution in [1.29, 1.82) is 0 Å². The molecule has 1 N–H and O–H groups in total. The van der Waals surface area contributed by atoms with Crippen molar-refractivity contribution in [2.45, 2.75) is 0 Å². The fourth-order valence-corrected chi connectivity index (χ4v) is 1.77. The van der Waals surface area contributed by atoms with Gasteiger partial charge in [-0.1, -0.05) is 5.92 Å². The Morgan fingerprint density at radius 3 is 2.94 bits per heavy atom. The fraction of sp³-hybridized carbons (Fsp3) is 0.214. The lowest BCUT2D eigenvalue weighted by Crippen LogP contribution is -2.27. The van der Waals surface area contributed by atoms with Crippen molar-refractivity contribution < 1.29 is 9.53 Å². The van der Waals surface area contributed by atoms with Gasteiger partial charge in [-0.3, -0.25) is 4.79 Å². The second kappa shape index (κ2) is 4.84. The molecule has 0 radical (unpaired) electrons. The number of hydrogen-bond acceptors (Lipinski definition) is 2. The quantitative estimate of drug-likeness (QED) is 0.835. The molecule has 0 bridgehead atoms. The zero-order chi connectivity index (χ0) is 13.1. The molecule has 1 aromatic carbocycles. The first-order valence-corrected chi connectivity index (χ1v) is 5.51. The lowest BCUT2D eigenvalue weighted by Gasteiger charge is -2.11. The third kappa shape index (κ3) is 2.16. The van der Waals surface area contributed by atoms with Gasteiger partial charge < -0.3 is 14.6 Å². The first-order valence-electron chi connectivity index (χ1n) is 5.51. The van der Waals surface area contributed by atoms with Gasteiger partial charge in [0.05, 0.1) is 13.7 Å². The van der Waals surface area contributed by atoms with E-state index in [1.54, 1.807) is 20.2 Å². The number of nitrogens with zero attached hydrogens (tertiary/aromatic N) is 1. The van der Waals surface area contributed by atoms with E-state index in [0.717, 1.165) is 16.7 Å². The van der Waals surface area contributed by atoms with Gasteiger partial charge in [-0.25, -0.2) is 0 Å². The summed E-state index contributed by atoms with van der Waals surface area (Å²) in [4.78, 5) is 16.6. The topological polar surface area (TPSA) is 45.3 Å². The van der Waals surface area contributed by atoms with Crippen LogP contribution in [0.25, 0.3) is 10.9 Å². The molecule has 1 aromatic heterocycles. The normalized spacial score (nSPS) is 10.1. The molecule has 4 nitrogen and oxygen atoms in total. The number of carbonyl (C=O) groups excluding carboxylic acids is 1. The lowest BCUT2D eigenvalue weighted by atomic mass is 10.2. The molecule has 2 aromatic rings. The molecule has 0 spiro atoms. The molecule has 4 heteroatoms. The number of amides is 1. The molecule has 2 rings (SSSR count). The van der Waals surface area contributed by atoms with Gasteiger partial charge in [0.1, 0.15) is 11.4 Å². The van der Waals surface area contributed by atoms with E-state index >= 15 is 0 Å². The minimum Gasteiger partial charge on any atom is -0.497 e. The number of methoxy groups -OCH3 is 1. The third-order valence-electron chi connectivity index (χ3n) is 2.73. The van der Waals surface area contributed by atoms with E-state index in [-0.39, 0.29) is 12.5 Å². The first kappa shape index (κ1) is 12.1. The molecular weight excluding hydrogens is 228 g/mol. The number of ether oxygens (including phenoxy) is 1. The molecule has 0 unspecified atom stereocenters. The maximum atomic E-state index is 12.0. The Labute approximate surface area is 106 Å². The van der Waals surface area contributed by atoms with Gasteiger partial charge in [0.2, 0.25) is 0 Å². The minimum atomic E-state index is -0.122. The van der Waals surface area contributed by atoms with Crippen molar-refractivity contribution >= 4 is 16.8 Å². The summed E-state index contributed by atoms with van der Waals surface area (Å²) in [6.45, 7) is 0.289. The molecule has 1 heterocycles. The zero-order valence-electron chi connectivity index (χ0n) is 10.4. The smallest absolute Gasteiger partial charge is 0.270 e. The number of nitrogens with one attached hydrogen (secondary N) is 1. The van der Waals surface area contributed by atoms with Crippen LogP contribution in [-0.4, -0.2) is 36.5 Å². The molecule has 1 amide bonds. The zero-order valence-corrected chi connectivity index (χ0v) is 10.4. The van der Waals surface area contributed by atoms with Gasteiger partial charge in [-0.2, -0.15) is 0 Å². The van der Waals surface area contributed by atoms with Gasteiger partial charge in [0, 0.05) is 18.0 Å². The number of benzene rings is 1. The summed E-state index contributed by atoms with van der Waals surface area (Å²) in [6.07, 6.45) is 5.19. The minimum absolute atomic E-state index is 0.122. The van der Waals surface area contributed by atoms with Gasteiger partial charge >= 0.3 is 0 Å². The average molecular weight is 242 g/mol. The number of rotatable bonds is 3. The van der Waals surface area contributed by atoms with E-state index in [4.69, 9.17) is 11.2 Å². The van der Waals surface area contributed by atoms with Crippen LogP contribution in [0.1, 0.15) is 10.5 Å². The molecule has 0 aliphatic carbocycles. The van der Waals surface area contributed by atoms with E-state index < -0.39 is 0 Å². The average Bonchev–Trinajstić information content (AvgIpc) is 2.80. The first-order chi connectivity index (χ1) is 8.65.